The van der Waals surface area contributed by atoms with Crippen LogP contribution in [-0.4, -0.2) is 29.1 Å². The largest absolute Gasteiger partial charge is 0.339 e. The molecule has 0 radical (unpaired) electrons. The van der Waals surface area contributed by atoms with Gasteiger partial charge in [0.2, 0.25) is 5.91 Å². The van der Waals surface area contributed by atoms with E-state index in [0.29, 0.717) is 17.7 Å². The molecular formula is C16H23NOS. The smallest absolute Gasteiger partial charge is 0.233 e. The molecule has 0 saturated carbocycles. The van der Waals surface area contributed by atoms with Gasteiger partial charge < -0.3 is 4.90 Å². The summed E-state index contributed by atoms with van der Waals surface area (Å²) in [6.07, 6.45) is 4.70. The minimum atomic E-state index is 0.303. The van der Waals surface area contributed by atoms with Crippen LogP contribution in [0.25, 0.3) is 0 Å². The maximum Gasteiger partial charge on any atom is 0.233 e. The number of aryl methyl sites for hydroxylation is 1. The van der Waals surface area contributed by atoms with E-state index >= 15 is 0 Å². The third-order valence-corrected chi connectivity index (χ3v) is 4.80. The van der Waals surface area contributed by atoms with Crippen LogP contribution in [0.1, 0.15) is 38.2 Å². The molecule has 1 unspecified atom stereocenters. The van der Waals surface area contributed by atoms with Gasteiger partial charge in [-0.3, -0.25) is 4.79 Å². The predicted molar refractivity (Wildman–Crippen MR) is 81.5 cm³/mol. The van der Waals surface area contributed by atoms with Crippen LogP contribution in [0.3, 0.4) is 0 Å². The van der Waals surface area contributed by atoms with Gasteiger partial charge >= 0.3 is 0 Å². The number of carbonyl (C=O) groups is 1. The van der Waals surface area contributed by atoms with E-state index in [2.05, 4.69) is 43.0 Å². The van der Waals surface area contributed by atoms with Gasteiger partial charge in [0.05, 0.1) is 5.75 Å². The first-order chi connectivity index (χ1) is 9.20. The van der Waals surface area contributed by atoms with Crippen molar-refractivity contribution in [3.63, 3.8) is 0 Å². The molecule has 1 saturated heterocycles. The fourth-order valence-electron chi connectivity index (χ4n) is 2.62. The SMILES string of the molecule is CCC1CCCCN1C(=O)CSc1ccc(C)cc1. The molecule has 1 aliphatic rings. The van der Waals surface area contributed by atoms with Gasteiger partial charge in [-0.15, -0.1) is 11.8 Å². The highest BCUT2D eigenvalue weighted by atomic mass is 32.2. The monoisotopic (exact) mass is 277 g/mol. The molecule has 1 atom stereocenters. The molecule has 1 amide bonds. The molecule has 2 rings (SSSR count). The Balaban J connectivity index is 1.87. The lowest BCUT2D eigenvalue weighted by Gasteiger charge is -2.35. The maximum atomic E-state index is 12.3. The second kappa shape index (κ2) is 6.99. The Kier molecular flexibility index (Phi) is 5.32. The summed E-state index contributed by atoms with van der Waals surface area (Å²) in [6, 6.07) is 8.87. The number of piperidine rings is 1. The van der Waals surface area contributed by atoms with E-state index in [0.717, 1.165) is 19.4 Å². The van der Waals surface area contributed by atoms with E-state index in [1.807, 2.05) is 0 Å². The Morgan fingerprint density at radius 2 is 2.05 bits per heavy atom. The molecular weight excluding hydrogens is 254 g/mol. The molecule has 2 nitrogen and oxygen atoms in total. The molecule has 0 N–H and O–H groups in total. The quantitative estimate of drug-likeness (QED) is 0.778. The topological polar surface area (TPSA) is 20.3 Å². The highest BCUT2D eigenvalue weighted by Crippen LogP contribution is 2.23. The summed E-state index contributed by atoms with van der Waals surface area (Å²) in [4.78, 5) is 15.6. The minimum absolute atomic E-state index is 0.303. The van der Waals surface area contributed by atoms with Crippen molar-refractivity contribution in [2.75, 3.05) is 12.3 Å². The lowest BCUT2D eigenvalue weighted by Crippen LogP contribution is -2.44. The molecule has 3 heteroatoms. The first kappa shape index (κ1) is 14.4. The number of amides is 1. The van der Waals surface area contributed by atoms with Crippen LogP contribution in [0.15, 0.2) is 29.2 Å². The predicted octanol–water partition coefficient (Wildman–Crippen LogP) is 3.88. The number of benzene rings is 1. The minimum Gasteiger partial charge on any atom is -0.339 e. The summed E-state index contributed by atoms with van der Waals surface area (Å²) in [7, 11) is 0. The average Bonchev–Trinajstić information content (AvgIpc) is 2.46. The van der Waals surface area contributed by atoms with Gasteiger partial charge in [-0.1, -0.05) is 24.6 Å². The third kappa shape index (κ3) is 4.00. The zero-order chi connectivity index (χ0) is 13.7. The van der Waals surface area contributed by atoms with Crippen molar-refractivity contribution in [1.82, 2.24) is 4.90 Å². The highest BCUT2D eigenvalue weighted by Gasteiger charge is 2.24. The lowest BCUT2D eigenvalue weighted by atomic mass is 10.0. The first-order valence-electron chi connectivity index (χ1n) is 7.19. The number of likely N-dealkylation sites (tertiary alicyclic amines) is 1. The average molecular weight is 277 g/mol. The molecule has 0 aromatic heterocycles. The molecule has 104 valence electrons. The van der Waals surface area contributed by atoms with Crippen molar-refractivity contribution >= 4 is 17.7 Å². The van der Waals surface area contributed by atoms with Crippen molar-refractivity contribution in [3.05, 3.63) is 29.8 Å². The van der Waals surface area contributed by atoms with E-state index < -0.39 is 0 Å². The van der Waals surface area contributed by atoms with Crippen molar-refractivity contribution in [2.45, 2.75) is 50.5 Å². The number of nitrogens with zero attached hydrogens (tertiary/aromatic N) is 1. The Hall–Kier alpha value is -0.960. The molecule has 1 aromatic carbocycles. The van der Waals surface area contributed by atoms with Crippen molar-refractivity contribution < 1.29 is 4.79 Å². The molecule has 1 fully saturated rings. The standard InChI is InChI=1S/C16H23NOS/c1-3-14-6-4-5-11-17(14)16(18)12-19-15-9-7-13(2)8-10-15/h7-10,14H,3-6,11-12H2,1-2H3. The van der Waals surface area contributed by atoms with Gasteiger partial charge in [0.1, 0.15) is 0 Å². The molecule has 1 aromatic rings. The highest BCUT2D eigenvalue weighted by molar-refractivity contribution is 8.00. The van der Waals surface area contributed by atoms with Crippen LogP contribution in [0.5, 0.6) is 0 Å². The zero-order valence-corrected chi connectivity index (χ0v) is 12.7. The summed E-state index contributed by atoms with van der Waals surface area (Å²) in [6.45, 7) is 5.22. The van der Waals surface area contributed by atoms with Crippen LogP contribution in [0.4, 0.5) is 0 Å². The number of hydrogen-bond donors (Lipinski definition) is 0. The van der Waals surface area contributed by atoms with Crippen molar-refractivity contribution in [3.8, 4) is 0 Å². The summed E-state index contributed by atoms with van der Waals surface area (Å²) in [5.74, 6) is 0.872. The normalized spacial score (nSPS) is 19.5. The van der Waals surface area contributed by atoms with Gasteiger partial charge in [-0.2, -0.15) is 0 Å². The van der Waals surface area contributed by atoms with Crippen LogP contribution in [0.2, 0.25) is 0 Å². The molecule has 1 heterocycles. The zero-order valence-electron chi connectivity index (χ0n) is 11.9. The molecule has 0 spiro atoms. The van der Waals surface area contributed by atoms with Gasteiger partial charge in [-0.25, -0.2) is 0 Å². The number of rotatable bonds is 4. The first-order valence-corrected chi connectivity index (χ1v) is 8.18. The van der Waals surface area contributed by atoms with Crippen molar-refractivity contribution in [1.29, 1.82) is 0 Å². The van der Waals surface area contributed by atoms with E-state index in [1.165, 1.54) is 23.3 Å². The van der Waals surface area contributed by atoms with Crippen LogP contribution < -0.4 is 0 Å². The molecule has 0 aliphatic carbocycles. The number of carbonyl (C=O) groups excluding carboxylic acids is 1. The fourth-order valence-corrected chi connectivity index (χ4v) is 3.40. The fraction of sp³-hybridized carbons (Fsp3) is 0.562. The van der Waals surface area contributed by atoms with Crippen LogP contribution in [0, 0.1) is 6.92 Å². The summed E-state index contributed by atoms with van der Waals surface area (Å²) in [5.41, 5.74) is 1.26. The van der Waals surface area contributed by atoms with Gasteiger partial charge in [0, 0.05) is 17.5 Å². The summed E-state index contributed by atoms with van der Waals surface area (Å²) in [5, 5.41) is 0. The second-order valence-corrected chi connectivity index (χ2v) is 6.30. The van der Waals surface area contributed by atoms with E-state index in [4.69, 9.17) is 0 Å². The molecule has 0 bridgehead atoms. The Morgan fingerprint density at radius 3 is 2.74 bits per heavy atom. The summed E-state index contributed by atoms with van der Waals surface area (Å²) >= 11 is 1.65. The molecule has 19 heavy (non-hydrogen) atoms. The van der Waals surface area contributed by atoms with Gasteiger partial charge in [0.15, 0.2) is 0 Å². The van der Waals surface area contributed by atoms with Crippen LogP contribution >= 0.6 is 11.8 Å². The van der Waals surface area contributed by atoms with Crippen molar-refractivity contribution in [2.24, 2.45) is 0 Å². The Labute approximate surface area is 120 Å². The van der Waals surface area contributed by atoms with E-state index in [1.54, 1.807) is 11.8 Å². The van der Waals surface area contributed by atoms with Gasteiger partial charge in [0.25, 0.3) is 0 Å². The Morgan fingerprint density at radius 1 is 1.32 bits per heavy atom. The Bertz CT molecular complexity index is 415. The van der Waals surface area contributed by atoms with Crippen LogP contribution in [-0.2, 0) is 4.79 Å². The second-order valence-electron chi connectivity index (χ2n) is 5.25. The maximum absolute atomic E-state index is 12.3. The van der Waals surface area contributed by atoms with E-state index in [-0.39, 0.29) is 0 Å². The van der Waals surface area contributed by atoms with Gasteiger partial charge in [-0.05, 0) is 44.7 Å². The third-order valence-electron chi connectivity index (χ3n) is 3.80. The number of thioether (sulfide) groups is 1. The summed E-state index contributed by atoms with van der Waals surface area (Å²) < 4.78 is 0. The molecule has 1 aliphatic heterocycles. The number of hydrogen-bond acceptors (Lipinski definition) is 2. The lowest BCUT2D eigenvalue weighted by molar-refractivity contribution is -0.132. The van der Waals surface area contributed by atoms with E-state index in [9.17, 15) is 4.79 Å².